The van der Waals surface area contributed by atoms with Crippen molar-refractivity contribution in [1.82, 2.24) is 4.90 Å². The third kappa shape index (κ3) is 3.69. The number of rotatable bonds is 3. The lowest BCUT2D eigenvalue weighted by atomic mass is 10.1. The second kappa shape index (κ2) is 6.85. The molecule has 0 radical (unpaired) electrons. The zero-order chi connectivity index (χ0) is 15.4. The van der Waals surface area contributed by atoms with Crippen molar-refractivity contribution >= 4 is 29.4 Å². The summed E-state index contributed by atoms with van der Waals surface area (Å²) in [6.45, 7) is 5.24. The van der Waals surface area contributed by atoms with Crippen molar-refractivity contribution in [1.29, 1.82) is 0 Å². The minimum Gasteiger partial charge on any atom is -0.478 e. The summed E-state index contributed by atoms with van der Waals surface area (Å²) < 4.78 is 0. The molecule has 114 valence electrons. The highest BCUT2D eigenvalue weighted by Crippen LogP contribution is 2.23. The molecule has 0 saturated carbocycles. The van der Waals surface area contributed by atoms with E-state index in [1.165, 1.54) is 0 Å². The van der Waals surface area contributed by atoms with Crippen molar-refractivity contribution in [2.75, 3.05) is 24.2 Å². The minimum absolute atomic E-state index is 0.157. The number of carbonyl (C=O) groups excluding carboxylic acids is 1. The maximum Gasteiger partial charge on any atom is 0.338 e. The van der Waals surface area contributed by atoms with E-state index in [0.29, 0.717) is 29.6 Å². The summed E-state index contributed by atoms with van der Waals surface area (Å²) in [6, 6.07) is 4.88. The van der Waals surface area contributed by atoms with Gasteiger partial charge >= 0.3 is 12.0 Å². The predicted octanol–water partition coefficient (Wildman–Crippen LogP) is 3.05. The van der Waals surface area contributed by atoms with Crippen LogP contribution in [0.2, 0.25) is 0 Å². The van der Waals surface area contributed by atoms with Crippen molar-refractivity contribution in [3.05, 3.63) is 29.3 Å². The third-order valence-electron chi connectivity index (χ3n) is 3.61. The molecule has 5 nitrogen and oxygen atoms in total. The molecule has 2 N–H and O–H groups in total. The van der Waals surface area contributed by atoms with Crippen molar-refractivity contribution < 1.29 is 14.7 Å². The summed E-state index contributed by atoms with van der Waals surface area (Å²) >= 11 is 1.89. The number of thioether (sulfide) groups is 1. The average Bonchev–Trinajstić information content (AvgIpc) is 2.47. The molecule has 0 aromatic heterocycles. The zero-order valence-corrected chi connectivity index (χ0v) is 13.1. The smallest absolute Gasteiger partial charge is 0.338 e. The topological polar surface area (TPSA) is 69.6 Å². The first-order valence-corrected chi connectivity index (χ1v) is 8.08. The van der Waals surface area contributed by atoms with Gasteiger partial charge in [-0.05, 0) is 25.0 Å². The Morgan fingerprint density at radius 2 is 2.24 bits per heavy atom. The molecule has 1 aliphatic rings. The largest absolute Gasteiger partial charge is 0.478 e. The van der Waals surface area contributed by atoms with Gasteiger partial charge in [0.05, 0.1) is 11.3 Å². The number of hydrogen-bond donors (Lipinski definition) is 2. The molecular weight excluding hydrogens is 288 g/mol. The van der Waals surface area contributed by atoms with E-state index >= 15 is 0 Å². The molecule has 21 heavy (non-hydrogen) atoms. The van der Waals surface area contributed by atoms with E-state index in [2.05, 4.69) is 12.2 Å². The summed E-state index contributed by atoms with van der Waals surface area (Å²) in [6.07, 6.45) is 1.03. The first-order chi connectivity index (χ1) is 10.0. The number of aromatic carboxylic acids is 1. The molecule has 1 aliphatic heterocycles. The molecule has 2 amide bonds. The lowest BCUT2D eigenvalue weighted by molar-refractivity contribution is 0.0697. The standard InChI is InChI=1S/C15H20N2O3S/c1-3-11-9-17(7-8-21-11)15(20)16-12-6-4-5-10(2)13(12)14(18)19/h4-6,11H,3,7-9H2,1-2H3,(H,16,20)(H,18,19). The Morgan fingerprint density at radius 1 is 1.48 bits per heavy atom. The summed E-state index contributed by atoms with van der Waals surface area (Å²) in [7, 11) is 0. The van der Waals surface area contributed by atoms with Gasteiger partial charge in [-0.2, -0.15) is 11.8 Å². The number of carboxylic acids is 1. The summed E-state index contributed by atoms with van der Waals surface area (Å²) in [4.78, 5) is 25.4. The highest BCUT2D eigenvalue weighted by molar-refractivity contribution is 8.00. The molecule has 1 heterocycles. The summed E-state index contributed by atoms with van der Waals surface area (Å²) in [5.74, 6) is -0.102. The number of nitrogens with one attached hydrogen (secondary N) is 1. The number of carboxylic acid groups (broad SMARTS) is 1. The Labute approximate surface area is 128 Å². The SMILES string of the molecule is CCC1CN(C(=O)Nc2cccc(C)c2C(=O)O)CCS1. The average molecular weight is 308 g/mol. The molecular formula is C15H20N2O3S. The van der Waals surface area contributed by atoms with Gasteiger partial charge in [0.25, 0.3) is 0 Å². The molecule has 1 atom stereocenters. The van der Waals surface area contributed by atoms with Crippen LogP contribution in [0.1, 0.15) is 29.3 Å². The van der Waals surface area contributed by atoms with Crippen molar-refractivity contribution in [2.45, 2.75) is 25.5 Å². The quantitative estimate of drug-likeness (QED) is 0.900. The van der Waals surface area contributed by atoms with E-state index in [1.807, 2.05) is 11.8 Å². The van der Waals surface area contributed by atoms with Crippen LogP contribution in [0.4, 0.5) is 10.5 Å². The number of anilines is 1. The van der Waals surface area contributed by atoms with Crippen molar-refractivity contribution in [3.63, 3.8) is 0 Å². The van der Waals surface area contributed by atoms with Crippen LogP contribution in [0.3, 0.4) is 0 Å². The zero-order valence-electron chi connectivity index (χ0n) is 12.3. The highest BCUT2D eigenvalue weighted by atomic mass is 32.2. The Morgan fingerprint density at radius 3 is 2.90 bits per heavy atom. The van der Waals surface area contributed by atoms with Gasteiger partial charge in [-0.1, -0.05) is 19.1 Å². The molecule has 0 bridgehead atoms. The number of benzene rings is 1. The van der Waals surface area contributed by atoms with Crippen LogP contribution in [0.25, 0.3) is 0 Å². The lowest BCUT2D eigenvalue weighted by Crippen LogP contribution is -2.44. The van der Waals surface area contributed by atoms with Crippen molar-refractivity contribution in [3.8, 4) is 0 Å². The number of carbonyl (C=O) groups is 2. The van der Waals surface area contributed by atoms with E-state index in [-0.39, 0.29) is 11.6 Å². The number of nitrogens with zero attached hydrogens (tertiary/aromatic N) is 1. The monoisotopic (exact) mass is 308 g/mol. The maximum atomic E-state index is 12.3. The Bertz CT molecular complexity index is 548. The Hall–Kier alpha value is -1.69. The Kier molecular flexibility index (Phi) is 5.12. The van der Waals surface area contributed by atoms with Gasteiger partial charge in [0, 0.05) is 24.1 Å². The number of hydrogen-bond acceptors (Lipinski definition) is 3. The number of aryl methyl sites for hydroxylation is 1. The van der Waals surface area contributed by atoms with Gasteiger partial charge in [0.15, 0.2) is 0 Å². The van der Waals surface area contributed by atoms with Crippen LogP contribution in [0.15, 0.2) is 18.2 Å². The number of urea groups is 1. The normalized spacial score (nSPS) is 18.4. The van der Waals surface area contributed by atoms with Gasteiger partial charge in [0.2, 0.25) is 0 Å². The lowest BCUT2D eigenvalue weighted by Gasteiger charge is -2.32. The predicted molar refractivity (Wildman–Crippen MR) is 85.3 cm³/mol. The van der Waals surface area contributed by atoms with Crippen LogP contribution >= 0.6 is 11.8 Å². The third-order valence-corrected chi connectivity index (χ3v) is 4.98. The van der Waals surface area contributed by atoms with E-state index in [4.69, 9.17) is 0 Å². The fourth-order valence-corrected chi connectivity index (χ4v) is 3.58. The van der Waals surface area contributed by atoms with Crippen LogP contribution in [0.5, 0.6) is 0 Å². The molecule has 0 aliphatic carbocycles. The van der Waals surface area contributed by atoms with Crippen LogP contribution in [-0.2, 0) is 0 Å². The van der Waals surface area contributed by atoms with Crippen LogP contribution < -0.4 is 5.32 Å². The first kappa shape index (κ1) is 15.7. The molecule has 2 rings (SSSR count). The summed E-state index contributed by atoms with van der Waals surface area (Å²) in [5.41, 5.74) is 1.16. The van der Waals surface area contributed by atoms with Gasteiger partial charge in [-0.3, -0.25) is 0 Å². The molecule has 1 fully saturated rings. The molecule has 1 aromatic rings. The second-order valence-electron chi connectivity index (χ2n) is 5.08. The second-order valence-corrected chi connectivity index (χ2v) is 6.49. The highest BCUT2D eigenvalue weighted by Gasteiger charge is 2.24. The molecule has 1 unspecified atom stereocenters. The van der Waals surface area contributed by atoms with Crippen LogP contribution in [-0.4, -0.2) is 46.1 Å². The minimum atomic E-state index is -1.02. The maximum absolute atomic E-state index is 12.3. The van der Waals surface area contributed by atoms with E-state index in [9.17, 15) is 14.7 Å². The van der Waals surface area contributed by atoms with E-state index < -0.39 is 5.97 Å². The van der Waals surface area contributed by atoms with Crippen molar-refractivity contribution in [2.24, 2.45) is 0 Å². The van der Waals surface area contributed by atoms with E-state index in [0.717, 1.165) is 12.2 Å². The molecule has 1 saturated heterocycles. The Balaban J connectivity index is 2.13. The molecule has 6 heteroatoms. The van der Waals surface area contributed by atoms with Gasteiger partial charge in [-0.15, -0.1) is 0 Å². The summed E-state index contributed by atoms with van der Waals surface area (Å²) in [5, 5.41) is 12.5. The van der Waals surface area contributed by atoms with Crippen LogP contribution in [0, 0.1) is 6.92 Å². The van der Waals surface area contributed by atoms with Gasteiger partial charge in [-0.25, -0.2) is 9.59 Å². The first-order valence-electron chi connectivity index (χ1n) is 7.03. The van der Waals surface area contributed by atoms with Gasteiger partial charge in [0.1, 0.15) is 0 Å². The fourth-order valence-electron chi connectivity index (χ4n) is 2.40. The fraction of sp³-hybridized carbons (Fsp3) is 0.467. The number of amides is 2. The molecule has 1 aromatic carbocycles. The van der Waals surface area contributed by atoms with Gasteiger partial charge < -0.3 is 15.3 Å². The molecule has 0 spiro atoms. The van der Waals surface area contributed by atoms with E-state index in [1.54, 1.807) is 30.0 Å².